The molecule has 1 amide bonds. The van der Waals surface area contributed by atoms with Crippen molar-refractivity contribution in [2.24, 2.45) is 11.8 Å². The fraction of sp³-hybridized carbons (Fsp3) is 0.846. The van der Waals surface area contributed by atoms with Gasteiger partial charge in [-0.15, -0.1) is 0 Å². The van der Waals surface area contributed by atoms with E-state index in [-0.39, 0.29) is 23.8 Å². The highest BCUT2D eigenvalue weighted by atomic mass is 16.5. The molecular weight excluding hydrogens is 248 g/mol. The summed E-state index contributed by atoms with van der Waals surface area (Å²) in [5, 5.41) is 15.0. The van der Waals surface area contributed by atoms with Gasteiger partial charge in [-0.1, -0.05) is 6.42 Å². The van der Waals surface area contributed by atoms with E-state index < -0.39 is 5.97 Å². The number of aliphatic carboxylic acids is 1. The van der Waals surface area contributed by atoms with E-state index in [0.717, 1.165) is 19.3 Å². The molecule has 6 heteroatoms. The SMILES string of the molecule is COCCNC(=O)C(C)NCC1CCCC1C(=O)O. The van der Waals surface area contributed by atoms with Gasteiger partial charge in [-0.25, -0.2) is 0 Å². The van der Waals surface area contributed by atoms with Crippen molar-refractivity contribution in [3.8, 4) is 0 Å². The van der Waals surface area contributed by atoms with Crippen LogP contribution in [0.4, 0.5) is 0 Å². The Hall–Kier alpha value is -1.14. The minimum atomic E-state index is -0.721. The molecule has 0 heterocycles. The molecule has 0 radical (unpaired) electrons. The molecule has 0 bridgehead atoms. The van der Waals surface area contributed by atoms with Crippen LogP contribution in [-0.2, 0) is 14.3 Å². The molecule has 6 nitrogen and oxygen atoms in total. The monoisotopic (exact) mass is 272 g/mol. The van der Waals surface area contributed by atoms with Crippen LogP contribution in [0.2, 0.25) is 0 Å². The lowest BCUT2D eigenvalue weighted by atomic mass is 9.96. The van der Waals surface area contributed by atoms with Gasteiger partial charge in [-0.3, -0.25) is 9.59 Å². The molecule has 1 fully saturated rings. The number of ether oxygens (including phenoxy) is 1. The molecule has 0 aliphatic heterocycles. The van der Waals surface area contributed by atoms with Crippen LogP contribution in [-0.4, -0.2) is 49.8 Å². The van der Waals surface area contributed by atoms with Crippen molar-refractivity contribution < 1.29 is 19.4 Å². The van der Waals surface area contributed by atoms with Crippen LogP contribution in [0.25, 0.3) is 0 Å². The number of hydrogen-bond acceptors (Lipinski definition) is 4. The number of rotatable bonds is 8. The Morgan fingerprint density at radius 3 is 2.79 bits per heavy atom. The zero-order valence-corrected chi connectivity index (χ0v) is 11.6. The summed E-state index contributed by atoms with van der Waals surface area (Å²) in [6, 6.07) is -0.313. The van der Waals surface area contributed by atoms with E-state index in [4.69, 9.17) is 9.84 Å². The van der Waals surface area contributed by atoms with E-state index in [1.807, 2.05) is 0 Å². The molecule has 1 rings (SSSR count). The third kappa shape index (κ3) is 5.16. The maximum Gasteiger partial charge on any atom is 0.306 e. The fourth-order valence-corrected chi connectivity index (χ4v) is 2.46. The number of amides is 1. The standard InChI is InChI=1S/C13H24N2O4/c1-9(12(16)14-6-7-19-2)15-8-10-4-3-5-11(10)13(17)18/h9-11,15H,3-8H2,1-2H3,(H,14,16)(H,17,18). The van der Waals surface area contributed by atoms with Crippen molar-refractivity contribution in [1.82, 2.24) is 10.6 Å². The number of methoxy groups -OCH3 is 1. The molecule has 0 aromatic heterocycles. The van der Waals surface area contributed by atoms with Gasteiger partial charge in [0.1, 0.15) is 0 Å². The maximum absolute atomic E-state index is 11.7. The van der Waals surface area contributed by atoms with Crippen LogP contribution < -0.4 is 10.6 Å². The van der Waals surface area contributed by atoms with Gasteiger partial charge in [0, 0.05) is 13.7 Å². The zero-order chi connectivity index (χ0) is 14.3. The summed E-state index contributed by atoms with van der Waals surface area (Å²) in [6.07, 6.45) is 2.62. The molecule has 3 N–H and O–H groups in total. The average molecular weight is 272 g/mol. The summed E-state index contributed by atoms with van der Waals surface area (Å²) >= 11 is 0. The normalized spacial score (nSPS) is 24.1. The quantitative estimate of drug-likeness (QED) is 0.550. The minimum absolute atomic E-state index is 0.0816. The van der Waals surface area contributed by atoms with Gasteiger partial charge in [-0.2, -0.15) is 0 Å². The number of carboxylic acid groups (broad SMARTS) is 1. The number of carbonyl (C=O) groups is 2. The van der Waals surface area contributed by atoms with E-state index >= 15 is 0 Å². The fourth-order valence-electron chi connectivity index (χ4n) is 2.46. The Balaban J connectivity index is 2.27. The van der Waals surface area contributed by atoms with Crippen LogP contribution in [0.1, 0.15) is 26.2 Å². The average Bonchev–Trinajstić information content (AvgIpc) is 2.84. The largest absolute Gasteiger partial charge is 0.481 e. The van der Waals surface area contributed by atoms with Gasteiger partial charge in [0.2, 0.25) is 5.91 Å². The van der Waals surface area contributed by atoms with Crippen LogP contribution >= 0.6 is 0 Å². The first-order chi connectivity index (χ1) is 9.06. The molecule has 1 saturated carbocycles. The van der Waals surface area contributed by atoms with E-state index in [1.54, 1.807) is 14.0 Å². The highest BCUT2D eigenvalue weighted by Gasteiger charge is 2.32. The lowest BCUT2D eigenvalue weighted by Crippen LogP contribution is -2.45. The van der Waals surface area contributed by atoms with Gasteiger partial charge >= 0.3 is 5.97 Å². The van der Waals surface area contributed by atoms with Crippen molar-refractivity contribution in [2.75, 3.05) is 26.8 Å². The second-order valence-electron chi connectivity index (χ2n) is 5.05. The van der Waals surface area contributed by atoms with Crippen LogP contribution in [0.15, 0.2) is 0 Å². The topological polar surface area (TPSA) is 87.7 Å². The van der Waals surface area contributed by atoms with Gasteiger partial charge in [0.05, 0.1) is 18.6 Å². The molecular formula is C13H24N2O4. The van der Waals surface area contributed by atoms with E-state index in [2.05, 4.69) is 10.6 Å². The predicted molar refractivity (Wildman–Crippen MR) is 70.8 cm³/mol. The van der Waals surface area contributed by atoms with Gasteiger partial charge in [0.25, 0.3) is 0 Å². The Morgan fingerprint density at radius 2 is 2.16 bits per heavy atom. The van der Waals surface area contributed by atoms with E-state index in [0.29, 0.717) is 19.7 Å². The second-order valence-corrected chi connectivity index (χ2v) is 5.05. The van der Waals surface area contributed by atoms with Crippen molar-refractivity contribution in [3.63, 3.8) is 0 Å². The predicted octanol–water partition coefficient (Wildman–Crippen LogP) is 0.228. The van der Waals surface area contributed by atoms with E-state index in [9.17, 15) is 9.59 Å². The van der Waals surface area contributed by atoms with Gasteiger partial charge < -0.3 is 20.5 Å². The third-order valence-electron chi connectivity index (χ3n) is 3.66. The Labute approximate surface area is 113 Å². The Morgan fingerprint density at radius 1 is 1.42 bits per heavy atom. The molecule has 3 unspecified atom stereocenters. The van der Waals surface area contributed by atoms with Crippen LogP contribution in [0, 0.1) is 11.8 Å². The van der Waals surface area contributed by atoms with Crippen molar-refractivity contribution in [3.05, 3.63) is 0 Å². The lowest BCUT2D eigenvalue weighted by molar-refractivity contribution is -0.142. The molecule has 0 spiro atoms. The molecule has 0 saturated heterocycles. The maximum atomic E-state index is 11.7. The van der Waals surface area contributed by atoms with Crippen LogP contribution in [0.3, 0.4) is 0 Å². The van der Waals surface area contributed by atoms with Crippen molar-refractivity contribution in [1.29, 1.82) is 0 Å². The number of hydrogen-bond donors (Lipinski definition) is 3. The summed E-state index contributed by atoms with van der Waals surface area (Å²) in [7, 11) is 1.58. The summed E-state index contributed by atoms with van der Waals surface area (Å²) in [5.41, 5.74) is 0. The molecule has 110 valence electrons. The van der Waals surface area contributed by atoms with E-state index in [1.165, 1.54) is 0 Å². The summed E-state index contributed by atoms with van der Waals surface area (Å²) in [5.74, 6) is -0.939. The Kier molecular flexibility index (Phi) is 6.80. The number of carboxylic acids is 1. The first-order valence-corrected chi connectivity index (χ1v) is 6.79. The van der Waals surface area contributed by atoms with Crippen molar-refractivity contribution in [2.45, 2.75) is 32.2 Å². The lowest BCUT2D eigenvalue weighted by Gasteiger charge is -2.19. The molecule has 3 atom stereocenters. The second kappa shape index (κ2) is 8.12. The highest BCUT2D eigenvalue weighted by molar-refractivity contribution is 5.81. The summed E-state index contributed by atoms with van der Waals surface area (Å²) in [6.45, 7) is 3.34. The third-order valence-corrected chi connectivity index (χ3v) is 3.66. The smallest absolute Gasteiger partial charge is 0.306 e. The first kappa shape index (κ1) is 15.9. The molecule has 0 aromatic carbocycles. The first-order valence-electron chi connectivity index (χ1n) is 6.79. The molecule has 19 heavy (non-hydrogen) atoms. The zero-order valence-electron chi connectivity index (χ0n) is 11.6. The number of nitrogens with one attached hydrogen (secondary N) is 2. The molecule has 0 aromatic rings. The molecule has 1 aliphatic carbocycles. The van der Waals surface area contributed by atoms with Gasteiger partial charge in [0.15, 0.2) is 0 Å². The summed E-state index contributed by atoms with van der Waals surface area (Å²) in [4.78, 5) is 22.7. The Bertz CT molecular complexity index is 309. The number of carbonyl (C=O) groups excluding carboxylic acids is 1. The summed E-state index contributed by atoms with van der Waals surface area (Å²) < 4.78 is 4.85. The van der Waals surface area contributed by atoms with Gasteiger partial charge in [-0.05, 0) is 32.2 Å². The highest BCUT2D eigenvalue weighted by Crippen LogP contribution is 2.31. The molecule has 1 aliphatic rings. The van der Waals surface area contributed by atoms with Crippen molar-refractivity contribution >= 4 is 11.9 Å². The minimum Gasteiger partial charge on any atom is -0.481 e. The van der Waals surface area contributed by atoms with Crippen LogP contribution in [0.5, 0.6) is 0 Å².